The van der Waals surface area contributed by atoms with E-state index in [9.17, 15) is 9.18 Å². The zero-order valence-corrected chi connectivity index (χ0v) is 13.1. The summed E-state index contributed by atoms with van der Waals surface area (Å²) in [5.41, 5.74) is 8.41. The fourth-order valence-electron chi connectivity index (χ4n) is 1.86. The topological polar surface area (TPSA) is 64.3 Å². The number of methoxy groups -OCH3 is 1. The Bertz CT molecular complexity index is 704. The first-order valence-electron chi connectivity index (χ1n) is 6.13. The summed E-state index contributed by atoms with van der Waals surface area (Å²) in [5, 5.41) is 3.06. The van der Waals surface area contributed by atoms with Gasteiger partial charge in [-0.15, -0.1) is 0 Å². The highest BCUT2D eigenvalue weighted by molar-refractivity contribution is 9.10. The van der Waals surface area contributed by atoms with E-state index in [-0.39, 0.29) is 11.4 Å². The molecule has 21 heavy (non-hydrogen) atoms. The Labute approximate surface area is 130 Å². The molecular weight excluding hydrogens is 339 g/mol. The maximum Gasteiger partial charge on any atom is 0.340 e. The largest absolute Gasteiger partial charge is 0.465 e. The van der Waals surface area contributed by atoms with E-state index in [1.165, 1.54) is 13.2 Å². The van der Waals surface area contributed by atoms with E-state index in [1.54, 1.807) is 24.3 Å². The standard InChI is InChI=1S/C15H14BrFN2O2/c1-8-5-11(16)12(17)7-14(8)19-9-3-4-13(18)10(6-9)15(20)21-2/h3-7,19H,18H2,1-2H3. The van der Waals surface area contributed by atoms with Crippen LogP contribution >= 0.6 is 15.9 Å². The van der Waals surface area contributed by atoms with Crippen molar-refractivity contribution in [2.45, 2.75) is 6.92 Å². The molecule has 2 rings (SSSR count). The number of halogens is 2. The highest BCUT2D eigenvalue weighted by atomic mass is 79.9. The molecular formula is C15H14BrFN2O2. The number of esters is 1. The van der Waals surface area contributed by atoms with Crippen LogP contribution in [0.5, 0.6) is 0 Å². The van der Waals surface area contributed by atoms with Crippen molar-refractivity contribution in [3.05, 3.63) is 51.7 Å². The van der Waals surface area contributed by atoms with E-state index in [1.807, 2.05) is 6.92 Å². The Balaban J connectivity index is 2.36. The number of anilines is 3. The van der Waals surface area contributed by atoms with Gasteiger partial charge in [-0.2, -0.15) is 0 Å². The van der Waals surface area contributed by atoms with Crippen LogP contribution in [0.15, 0.2) is 34.8 Å². The second kappa shape index (κ2) is 6.13. The van der Waals surface area contributed by atoms with Crippen LogP contribution in [0.25, 0.3) is 0 Å². The van der Waals surface area contributed by atoms with E-state index in [0.717, 1.165) is 5.56 Å². The van der Waals surface area contributed by atoms with Crippen LogP contribution < -0.4 is 11.1 Å². The summed E-state index contributed by atoms with van der Waals surface area (Å²) in [5.74, 6) is -0.887. The molecule has 0 aliphatic carbocycles. The van der Waals surface area contributed by atoms with Crippen LogP contribution in [0.4, 0.5) is 21.5 Å². The summed E-state index contributed by atoms with van der Waals surface area (Å²) in [7, 11) is 1.29. The third-order valence-corrected chi connectivity index (χ3v) is 3.61. The summed E-state index contributed by atoms with van der Waals surface area (Å²) in [6, 6.07) is 7.94. The molecule has 0 atom stereocenters. The molecule has 0 aliphatic rings. The smallest absolute Gasteiger partial charge is 0.340 e. The monoisotopic (exact) mass is 352 g/mol. The van der Waals surface area contributed by atoms with E-state index in [2.05, 4.69) is 26.0 Å². The molecule has 2 aromatic carbocycles. The lowest BCUT2D eigenvalue weighted by molar-refractivity contribution is 0.0602. The van der Waals surface area contributed by atoms with Crippen molar-refractivity contribution in [1.29, 1.82) is 0 Å². The summed E-state index contributed by atoms with van der Waals surface area (Å²) < 4.78 is 18.7. The molecule has 0 aliphatic heterocycles. The van der Waals surface area contributed by atoms with Crippen LogP contribution in [0.3, 0.4) is 0 Å². The summed E-state index contributed by atoms with van der Waals surface area (Å²) in [6.07, 6.45) is 0. The van der Waals surface area contributed by atoms with E-state index >= 15 is 0 Å². The maximum atomic E-state index is 13.6. The van der Waals surface area contributed by atoms with Crippen molar-refractivity contribution in [2.75, 3.05) is 18.2 Å². The van der Waals surface area contributed by atoms with Crippen molar-refractivity contribution >= 4 is 39.0 Å². The third-order valence-electron chi connectivity index (χ3n) is 3.00. The number of ether oxygens (including phenoxy) is 1. The third kappa shape index (κ3) is 3.33. The van der Waals surface area contributed by atoms with Crippen molar-refractivity contribution in [3.63, 3.8) is 0 Å². The number of rotatable bonds is 3. The minimum atomic E-state index is -0.519. The van der Waals surface area contributed by atoms with Gasteiger partial charge in [-0.3, -0.25) is 0 Å². The van der Waals surface area contributed by atoms with Crippen LogP contribution in [-0.2, 0) is 4.74 Å². The molecule has 0 aromatic heterocycles. The highest BCUT2D eigenvalue weighted by Gasteiger charge is 2.12. The number of benzene rings is 2. The fraction of sp³-hybridized carbons (Fsp3) is 0.133. The summed E-state index contributed by atoms with van der Waals surface area (Å²) >= 11 is 3.13. The molecule has 2 aromatic rings. The quantitative estimate of drug-likeness (QED) is 0.647. The average molecular weight is 353 g/mol. The number of hydrogen-bond acceptors (Lipinski definition) is 4. The molecule has 6 heteroatoms. The molecule has 0 saturated heterocycles. The second-order valence-corrected chi connectivity index (χ2v) is 5.35. The molecule has 3 N–H and O–H groups in total. The number of nitrogen functional groups attached to an aromatic ring is 1. The van der Waals surface area contributed by atoms with Crippen LogP contribution in [0, 0.1) is 12.7 Å². The van der Waals surface area contributed by atoms with Gasteiger partial charge in [0.05, 0.1) is 17.1 Å². The Hall–Kier alpha value is -2.08. The van der Waals surface area contributed by atoms with Crippen molar-refractivity contribution in [3.8, 4) is 0 Å². The van der Waals surface area contributed by atoms with Gasteiger partial charge in [-0.05, 0) is 58.7 Å². The number of nitrogens with two attached hydrogens (primary N) is 1. The van der Waals surface area contributed by atoms with Crippen molar-refractivity contribution in [2.24, 2.45) is 0 Å². The Morgan fingerprint density at radius 2 is 2.05 bits per heavy atom. The SMILES string of the molecule is COC(=O)c1cc(Nc2cc(F)c(Br)cc2C)ccc1N. The van der Waals surface area contributed by atoms with Gasteiger partial charge in [0.25, 0.3) is 0 Å². The van der Waals surface area contributed by atoms with Gasteiger partial charge in [0.15, 0.2) is 0 Å². The first-order chi connectivity index (χ1) is 9.92. The van der Waals surface area contributed by atoms with Gasteiger partial charge >= 0.3 is 5.97 Å². The zero-order chi connectivity index (χ0) is 15.6. The highest BCUT2D eigenvalue weighted by Crippen LogP contribution is 2.28. The van der Waals surface area contributed by atoms with E-state index in [0.29, 0.717) is 21.5 Å². The minimum Gasteiger partial charge on any atom is -0.465 e. The van der Waals surface area contributed by atoms with Gasteiger partial charge in [0.1, 0.15) is 5.82 Å². The lowest BCUT2D eigenvalue weighted by Gasteiger charge is -2.12. The number of nitrogens with one attached hydrogen (secondary N) is 1. The molecule has 0 fully saturated rings. The lowest BCUT2D eigenvalue weighted by atomic mass is 10.1. The molecule has 0 bridgehead atoms. The van der Waals surface area contributed by atoms with Gasteiger partial charge in [0, 0.05) is 17.1 Å². The molecule has 0 amide bonds. The van der Waals surface area contributed by atoms with Gasteiger partial charge in [-0.1, -0.05) is 0 Å². The number of carbonyl (C=O) groups excluding carboxylic acids is 1. The molecule has 0 unspecified atom stereocenters. The van der Waals surface area contributed by atoms with Gasteiger partial charge in [-0.25, -0.2) is 9.18 Å². The Kier molecular flexibility index (Phi) is 4.47. The summed E-state index contributed by atoms with van der Waals surface area (Å²) in [6.45, 7) is 1.85. The molecule has 0 saturated carbocycles. The number of aryl methyl sites for hydroxylation is 1. The zero-order valence-electron chi connectivity index (χ0n) is 11.5. The Morgan fingerprint density at radius 3 is 2.71 bits per heavy atom. The molecule has 0 radical (unpaired) electrons. The molecule has 4 nitrogen and oxygen atoms in total. The first-order valence-corrected chi connectivity index (χ1v) is 6.92. The predicted molar refractivity (Wildman–Crippen MR) is 84.3 cm³/mol. The van der Waals surface area contributed by atoms with Crippen molar-refractivity contribution in [1.82, 2.24) is 0 Å². The van der Waals surface area contributed by atoms with Gasteiger partial charge in [0.2, 0.25) is 0 Å². The summed E-state index contributed by atoms with van der Waals surface area (Å²) in [4.78, 5) is 11.6. The normalized spacial score (nSPS) is 10.3. The van der Waals surface area contributed by atoms with Gasteiger partial charge < -0.3 is 15.8 Å². The average Bonchev–Trinajstić information content (AvgIpc) is 2.45. The van der Waals surface area contributed by atoms with Crippen molar-refractivity contribution < 1.29 is 13.9 Å². The first kappa shape index (κ1) is 15.3. The van der Waals surface area contributed by atoms with Crippen LogP contribution in [0.1, 0.15) is 15.9 Å². The fourth-order valence-corrected chi connectivity index (χ4v) is 2.32. The van der Waals surface area contributed by atoms with E-state index < -0.39 is 5.97 Å². The van der Waals surface area contributed by atoms with Crippen LogP contribution in [-0.4, -0.2) is 13.1 Å². The molecule has 110 valence electrons. The maximum absolute atomic E-state index is 13.6. The molecule has 0 heterocycles. The number of hydrogen-bond donors (Lipinski definition) is 2. The predicted octanol–water partition coefficient (Wildman–Crippen LogP) is 4.01. The van der Waals surface area contributed by atoms with E-state index in [4.69, 9.17) is 5.73 Å². The number of carbonyl (C=O) groups is 1. The second-order valence-electron chi connectivity index (χ2n) is 4.50. The van der Waals surface area contributed by atoms with Crippen LogP contribution in [0.2, 0.25) is 0 Å². The lowest BCUT2D eigenvalue weighted by Crippen LogP contribution is -2.06. The molecule has 0 spiro atoms. The Morgan fingerprint density at radius 1 is 1.33 bits per heavy atom. The minimum absolute atomic E-state index is 0.262.